The van der Waals surface area contributed by atoms with Gasteiger partial charge in [-0.2, -0.15) is 0 Å². The van der Waals surface area contributed by atoms with Crippen molar-refractivity contribution in [3.8, 4) is 0 Å². The van der Waals surface area contributed by atoms with Crippen molar-refractivity contribution in [1.29, 1.82) is 0 Å². The number of carbonyl (C=O) groups is 1. The quantitative estimate of drug-likeness (QED) is 0.689. The summed E-state index contributed by atoms with van der Waals surface area (Å²) in [6, 6.07) is 0. The molecule has 6 heteroatoms. The standard InChI is InChI=1S/C11H20N2O3S/c1-17(15,16)9-8-12-4-6-13(7-5-12)11(14)10-2-3-10/h10H,2-9H2,1H3. The molecule has 1 saturated carbocycles. The fourth-order valence-electron chi connectivity index (χ4n) is 2.08. The van der Waals surface area contributed by atoms with Gasteiger partial charge in [-0.3, -0.25) is 9.69 Å². The third-order valence-electron chi connectivity index (χ3n) is 3.39. The van der Waals surface area contributed by atoms with E-state index in [9.17, 15) is 13.2 Å². The number of carbonyl (C=O) groups excluding carboxylic acids is 1. The van der Waals surface area contributed by atoms with Crippen LogP contribution < -0.4 is 0 Å². The van der Waals surface area contributed by atoms with Crippen LogP contribution in [0.15, 0.2) is 0 Å². The average molecular weight is 260 g/mol. The Hall–Kier alpha value is -0.620. The lowest BCUT2D eigenvalue weighted by Crippen LogP contribution is -2.50. The Balaban J connectivity index is 1.72. The molecule has 0 aromatic carbocycles. The number of hydrogen-bond acceptors (Lipinski definition) is 4. The second kappa shape index (κ2) is 4.94. The first-order valence-electron chi connectivity index (χ1n) is 6.14. The largest absolute Gasteiger partial charge is 0.340 e. The Bertz CT molecular complexity index is 382. The Kier molecular flexibility index (Phi) is 3.73. The number of hydrogen-bond donors (Lipinski definition) is 0. The Morgan fingerprint density at radius 1 is 1.18 bits per heavy atom. The molecule has 2 aliphatic rings. The van der Waals surface area contributed by atoms with E-state index >= 15 is 0 Å². The van der Waals surface area contributed by atoms with Crippen molar-refractivity contribution in [2.24, 2.45) is 5.92 Å². The van der Waals surface area contributed by atoms with Crippen molar-refractivity contribution < 1.29 is 13.2 Å². The predicted molar refractivity (Wildman–Crippen MR) is 65.5 cm³/mol. The summed E-state index contributed by atoms with van der Waals surface area (Å²) in [5.41, 5.74) is 0. The van der Waals surface area contributed by atoms with Crippen LogP contribution in [0.1, 0.15) is 12.8 Å². The van der Waals surface area contributed by atoms with Gasteiger partial charge >= 0.3 is 0 Å². The van der Waals surface area contributed by atoms with Crippen molar-refractivity contribution in [1.82, 2.24) is 9.80 Å². The van der Waals surface area contributed by atoms with E-state index in [0.29, 0.717) is 12.5 Å². The monoisotopic (exact) mass is 260 g/mol. The van der Waals surface area contributed by atoms with Gasteiger partial charge in [-0.1, -0.05) is 0 Å². The van der Waals surface area contributed by atoms with Crippen molar-refractivity contribution in [3.05, 3.63) is 0 Å². The third-order valence-corrected chi connectivity index (χ3v) is 4.31. The van der Waals surface area contributed by atoms with Gasteiger partial charge in [-0.15, -0.1) is 0 Å². The molecule has 0 aromatic heterocycles. The molecular formula is C11H20N2O3S. The summed E-state index contributed by atoms with van der Waals surface area (Å²) in [5, 5.41) is 0. The van der Waals surface area contributed by atoms with E-state index in [4.69, 9.17) is 0 Å². The van der Waals surface area contributed by atoms with Crippen molar-refractivity contribution in [3.63, 3.8) is 0 Å². The van der Waals surface area contributed by atoms with E-state index in [-0.39, 0.29) is 11.7 Å². The molecule has 0 N–H and O–H groups in total. The smallest absolute Gasteiger partial charge is 0.225 e. The van der Waals surface area contributed by atoms with E-state index in [0.717, 1.165) is 39.0 Å². The molecule has 1 heterocycles. The number of sulfone groups is 1. The van der Waals surface area contributed by atoms with Crippen molar-refractivity contribution in [2.45, 2.75) is 12.8 Å². The number of piperazine rings is 1. The molecule has 0 spiro atoms. The van der Waals surface area contributed by atoms with Crippen LogP contribution in [0.4, 0.5) is 0 Å². The highest BCUT2D eigenvalue weighted by Gasteiger charge is 2.34. The average Bonchev–Trinajstić information content (AvgIpc) is 3.09. The lowest BCUT2D eigenvalue weighted by Gasteiger charge is -2.34. The lowest BCUT2D eigenvalue weighted by molar-refractivity contribution is -0.134. The zero-order valence-electron chi connectivity index (χ0n) is 10.3. The molecule has 0 unspecified atom stereocenters. The van der Waals surface area contributed by atoms with Gasteiger partial charge < -0.3 is 4.90 Å². The fourth-order valence-corrected chi connectivity index (χ4v) is 2.67. The van der Waals surface area contributed by atoms with E-state index in [1.165, 1.54) is 6.26 Å². The summed E-state index contributed by atoms with van der Waals surface area (Å²) in [6.45, 7) is 3.68. The maximum atomic E-state index is 11.8. The summed E-state index contributed by atoms with van der Waals surface area (Å²) in [7, 11) is -2.88. The molecule has 5 nitrogen and oxygen atoms in total. The van der Waals surface area contributed by atoms with Crippen LogP contribution in [0, 0.1) is 5.92 Å². The molecule has 0 atom stereocenters. The van der Waals surface area contributed by atoms with Gasteiger partial charge in [0.2, 0.25) is 5.91 Å². The maximum Gasteiger partial charge on any atom is 0.225 e. The maximum absolute atomic E-state index is 11.8. The molecule has 1 saturated heterocycles. The highest BCUT2D eigenvalue weighted by atomic mass is 32.2. The van der Waals surface area contributed by atoms with Gasteiger partial charge in [0.25, 0.3) is 0 Å². The molecule has 98 valence electrons. The summed E-state index contributed by atoms with van der Waals surface area (Å²) in [5.74, 6) is 0.800. The molecular weight excluding hydrogens is 240 g/mol. The minimum Gasteiger partial charge on any atom is -0.340 e. The normalized spacial score (nSPS) is 22.8. The second-order valence-corrected chi connectivity index (χ2v) is 7.33. The molecule has 1 aliphatic carbocycles. The van der Waals surface area contributed by atoms with Crippen molar-refractivity contribution >= 4 is 15.7 Å². The van der Waals surface area contributed by atoms with Crippen LogP contribution in [0.3, 0.4) is 0 Å². The number of nitrogens with zero attached hydrogens (tertiary/aromatic N) is 2. The topological polar surface area (TPSA) is 57.7 Å². The first-order chi connectivity index (χ1) is 7.96. The van der Waals surface area contributed by atoms with Crippen LogP contribution in [0.25, 0.3) is 0 Å². The summed E-state index contributed by atoms with van der Waals surface area (Å²) < 4.78 is 22.1. The first-order valence-corrected chi connectivity index (χ1v) is 8.20. The zero-order valence-corrected chi connectivity index (χ0v) is 11.1. The Labute approximate surface area is 103 Å². The first kappa shape index (κ1) is 12.8. The summed E-state index contributed by atoms with van der Waals surface area (Å²) in [4.78, 5) is 15.8. The highest BCUT2D eigenvalue weighted by molar-refractivity contribution is 7.90. The molecule has 0 aromatic rings. The molecule has 17 heavy (non-hydrogen) atoms. The summed E-state index contributed by atoms with van der Waals surface area (Å²) in [6.07, 6.45) is 3.36. The fraction of sp³-hybridized carbons (Fsp3) is 0.909. The van der Waals surface area contributed by atoms with Gasteiger partial charge in [0.15, 0.2) is 0 Å². The number of amides is 1. The molecule has 2 rings (SSSR count). The van der Waals surface area contributed by atoms with E-state index in [1.807, 2.05) is 4.90 Å². The van der Waals surface area contributed by atoms with Gasteiger partial charge in [-0.05, 0) is 12.8 Å². The predicted octanol–water partition coefficient (Wildman–Crippen LogP) is -0.415. The zero-order chi connectivity index (χ0) is 12.5. The molecule has 0 radical (unpaired) electrons. The van der Waals surface area contributed by atoms with Gasteiger partial charge in [0, 0.05) is 44.9 Å². The minimum atomic E-state index is -2.88. The van der Waals surface area contributed by atoms with E-state index in [1.54, 1.807) is 0 Å². The second-order valence-electron chi connectivity index (χ2n) is 5.07. The van der Waals surface area contributed by atoms with Crippen LogP contribution in [0.5, 0.6) is 0 Å². The highest BCUT2D eigenvalue weighted by Crippen LogP contribution is 2.31. The van der Waals surface area contributed by atoms with Crippen LogP contribution in [0.2, 0.25) is 0 Å². The van der Waals surface area contributed by atoms with Crippen LogP contribution in [-0.2, 0) is 14.6 Å². The van der Waals surface area contributed by atoms with Crippen LogP contribution >= 0.6 is 0 Å². The summed E-state index contributed by atoms with van der Waals surface area (Å²) >= 11 is 0. The molecule has 1 aliphatic heterocycles. The van der Waals surface area contributed by atoms with Gasteiger partial charge in [0.1, 0.15) is 9.84 Å². The Morgan fingerprint density at radius 3 is 2.24 bits per heavy atom. The third kappa shape index (κ3) is 3.96. The number of rotatable bonds is 4. The minimum absolute atomic E-state index is 0.212. The molecule has 2 fully saturated rings. The van der Waals surface area contributed by atoms with E-state index in [2.05, 4.69) is 4.90 Å². The van der Waals surface area contributed by atoms with E-state index < -0.39 is 9.84 Å². The SMILES string of the molecule is CS(=O)(=O)CCN1CCN(C(=O)C2CC2)CC1. The van der Waals surface area contributed by atoms with Crippen LogP contribution in [-0.4, -0.2) is 68.9 Å². The van der Waals surface area contributed by atoms with Crippen molar-refractivity contribution in [2.75, 3.05) is 44.7 Å². The lowest BCUT2D eigenvalue weighted by atomic mass is 10.2. The van der Waals surface area contributed by atoms with Gasteiger partial charge in [-0.25, -0.2) is 8.42 Å². The molecule has 1 amide bonds. The van der Waals surface area contributed by atoms with Gasteiger partial charge in [0.05, 0.1) is 5.75 Å². The molecule has 0 bridgehead atoms. The Morgan fingerprint density at radius 2 is 1.76 bits per heavy atom.